The molecular formula is C15H21N3O3. The Bertz CT molecular complexity index is 492. The van der Waals surface area contributed by atoms with Gasteiger partial charge in [0, 0.05) is 19.0 Å². The van der Waals surface area contributed by atoms with Crippen LogP contribution in [0.5, 0.6) is 0 Å². The molecule has 0 aliphatic carbocycles. The number of carbonyl (C=O) groups is 2. The molecule has 2 atom stereocenters. The summed E-state index contributed by atoms with van der Waals surface area (Å²) in [7, 11) is 0. The van der Waals surface area contributed by atoms with Crippen molar-refractivity contribution in [2.24, 2.45) is 11.5 Å². The van der Waals surface area contributed by atoms with E-state index < -0.39 is 12.0 Å². The first-order chi connectivity index (χ1) is 10.1. The van der Waals surface area contributed by atoms with E-state index in [1.54, 1.807) is 4.90 Å². The Morgan fingerprint density at radius 1 is 1.33 bits per heavy atom. The first-order valence-corrected chi connectivity index (χ1v) is 7.07. The summed E-state index contributed by atoms with van der Waals surface area (Å²) in [5.41, 5.74) is 12.3. The number of amides is 2. The van der Waals surface area contributed by atoms with Crippen LogP contribution >= 0.6 is 0 Å². The van der Waals surface area contributed by atoms with Crippen molar-refractivity contribution in [2.75, 3.05) is 19.7 Å². The predicted octanol–water partition coefficient (Wildman–Crippen LogP) is 0.179. The van der Waals surface area contributed by atoms with E-state index in [-0.39, 0.29) is 18.5 Å². The highest BCUT2D eigenvalue weighted by molar-refractivity contribution is 5.81. The van der Waals surface area contributed by atoms with Crippen molar-refractivity contribution in [2.45, 2.75) is 25.0 Å². The van der Waals surface area contributed by atoms with Gasteiger partial charge >= 0.3 is 0 Å². The summed E-state index contributed by atoms with van der Waals surface area (Å²) in [5.74, 6) is -0.551. The van der Waals surface area contributed by atoms with Crippen LogP contribution in [-0.4, -0.2) is 42.5 Å². The quantitative estimate of drug-likeness (QED) is 0.808. The molecular weight excluding hydrogens is 270 g/mol. The highest BCUT2D eigenvalue weighted by Gasteiger charge is 2.27. The van der Waals surface area contributed by atoms with Crippen molar-refractivity contribution in [1.82, 2.24) is 4.90 Å². The molecule has 0 spiro atoms. The van der Waals surface area contributed by atoms with E-state index in [1.807, 2.05) is 30.3 Å². The van der Waals surface area contributed by atoms with E-state index in [9.17, 15) is 9.59 Å². The molecule has 114 valence electrons. The third kappa shape index (κ3) is 4.27. The lowest BCUT2D eigenvalue weighted by Crippen LogP contribution is -2.50. The number of hydrogen-bond donors (Lipinski definition) is 2. The van der Waals surface area contributed by atoms with Gasteiger partial charge in [-0.05, 0) is 12.0 Å². The molecule has 1 aromatic carbocycles. The van der Waals surface area contributed by atoms with Gasteiger partial charge in [-0.2, -0.15) is 0 Å². The van der Waals surface area contributed by atoms with Crippen LogP contribution in [-0.2, 0) is 14.3 Å². The monoisotopic (exact) mass is 291 g/mol. The summed E-state index contributed by atoms with van der Waals surface area (Å²) < 4.78 is 5.22. The van der Waals surface area contributed by atoms with Crippen molar-refractivity contribution >= 4 is 11.8 Å². The zero-order valence-corrected chi connectivity index (χ0v) is 11.9. The largest absolute Gasteiger partial charge is 0.367 e. The van der Waals surface area contributed by atoms with Crippen LogP contribution in [0.2, 0.25) is 0 Å². The zero-order valence-electron chi connectivity index (χ0n) is 11.9. The zero-order chi connectivity index (χ0) is 15.2. The third-order valence-electron chi connectivity index (χ3n) is 3.63. The fourth-order valence-electron chi connectivity index (χ4n) is 2.35. The van der Waals surface area contributed by atoms with Crippen LogP contribution in [0.4, 0.5) is 0 Å². The van der Waals surface area contributed by atoms with Crippen molar-refractivity contribution in [3.05, 3.63) is 35.9 Å². The van der Waals surface area contributed by atoms with Gasteiger partial charge in [0.2, 0.25) is 11.8 Å². The molecule has 0 bridgehead atoms. The second-order valence-electron chi connectivity index (χ2n) is 5.16. The van der Waals surface area contributed by atoms with Crippen molar-refractivity contribution in [3.8, 4) is 0 Å². The maximum Gasteiger partial charge on any atom is 0.248 e. The average Bonchev–Trinajstić information content (AvgIpc) is 2.53. The topological polar surface area (TPSA) is 98.7 Å². The molecule has 2 unspecified atom stereocenters. The molecule has 2 rings (SSSR count). The predicted molar refractivity (Wildman–Crippen MR) is 78.1 cm³/mol. The molecule has 1 saturated heterocycles. The van der Waals surface area contributed by atoms with Gasteiger partial charge in [-0.15, -0.1) is 0 Å². The summed E-state index contributed by atoms with van der Waals surface area (Å²) in [6, 6.07) is 9.52. The minimum atomic E-state index is -0.703. The second kappa shape index (κ2) is 7.19. The Kier molecular flexibility index (Phi) is 5.30. The molecule has 4 N–H and O–H groups in total. The van der Waals surface area contributed by atoms with Gasteiger partial charge < -0.3 is 21.1 Å². The van der Waals surface area contributed by atoms with Gasteiger partial charge in [-0.3, -0.25) is 9.59 Å². The highest BCUT2D eigenvalue weighted by Crippen LogP contribution is 2.16. The molecule has 1 fully saturated rings. The lowest BCUT2D eigenvalue weighted by molar-refractivity contribution is -0.145. The number of nitrogens with two attached hydrogens (primary N) is 2. The Labute approximate surface area is 124 Å². The summed E-state index contributed by atoms with van der Waals surface area (Å²) in [4.78, 5) is 24.9. The summed E-state index contributed by atoms with van der Waals surface area (Å²) >= 11 is 0. The molecule has 0 radical (unpaired) electrons. The van der Waals surface area contributed by atoms with E-state index >= 15 is 0 Å². The molecule has 21 heavy (non-hydrogen) atoms. The number of primary amides is 1. The van der Waals surface area contributed by atoms with E-state index in [4.69, 9.17) is 16.2 Å². The standard InChI is InChI=1S/C15H21N3O3/c16-12(11-4-2-1-3-5-11)6-7-14(19)18-8-9-21-13(10-18)15(17)20/h1-5,12-13H,6-10,16H2,(H2,17,20). The number of benzene rings is 1. The normalized spacial score (nSPS) is 20.0. The van der Waals surface area contributed by atoms with E-state index in [2.05, 4.69) is 0 Å². The summed E-state index contributed by atoms with van der Waals surface area (Å²) in [6.07, 6.45) is 0.216. The van der Waals surface area contributed by atoms with Crippen LogP contribution < -0.4 is 11.5 Å². The Morgan fingerprint density at radius 3 is 2.71 bits per heavy atom. The van der Waals surface area contributed by atoms with Crippen LogP contribution in [0.25, 0.3) is 0 Å². The molecule has 1 heterocycles. The fourth-order valence-corrected chi connectivity index (χ4v) is 2.35. The molecule has 6 heteroatoms. The van der Waals surface area contributed by atoms with Crippen LogP contribution in [0, 0.1) is 0 Å². The van der Waals surface area contributed by atoms with Crippen LogP contribution in [0.1, 0.15) is 24.4 Å². The molecule has 2 amide bonds. The minimum absolute atomic E-state index is 0.0177. The van der Waals surface area contributed by atoms with Gasteiger partial charge in [-0.1, -0.05) is 30.3 Å². The number of morpholine rings is 1. The average molecular weight is 291 g/mol. The van der Waals surface area contributed by atoms with Gasteiger partial charge in [0.05, 0.1) is 13.2 Å². The maximum absolute atomic E-state index is 12.2. The first-order valence-electron chi connectivity index (χ1n) is 7.07. The third-order valence-corrected chi connectivity index (χ3v) is 3.63. The van der Waals surface area contributed by atoms with Crippen molar-refractivity contribution < 1.29 is 14.3 Å². The number of rotatable bonds is 5. The number of nitrogens with zero attached hydrogens (tertiary/aromatic N) is 1. The lowest BCUT2D eigenvalue weighted by Gasteiger charge is -2.31. The van der Waals surface area contributed by atoms with Crippen molar-refractivity contribution in [3.63, 3.8) is 0 Å². The minimum Gasteiger partial charge on any atom is -0.367 e. The fraction of sp³-hybridized carbons (Fsp3) is 0.467. The second-order valence-corrected chi connectivity index (χ2v) is 5.16. The van der Waals surface area contributed by atoms with E-state index in [0.29, 0.717) is 26.0 Å². The lowest BCUT2D eigenvalue weighted by atomic mass is 10.0. The summed E-state index contributed by atoms with van der Waals surface area (Å²) in [6.45, 7) is 1.06. The van der Waals surface area contributed by atoms with Crippen LogP contribution in [0.3, 0.4) is 0 Å². The van der Waals surface area contributed by atoms with E-state index in [1.165, 1.54) is 0 Å². The molecule has 0 saturated carbocycles. The number of carbonyl (C=O) groups excluding carboxylic acids is 2. The summed E-state index contributed by atoms with van der Waals surface area (Å²) in [5, 5.41) is 0. The van der Waals surface area contributed by atoms with Crippen LogP contribution in [0.15, 0.2) is 30.3 Å². The Hall–Kier alpha value is -1.92. The highest BCUT2D eigenvalue weighted by atomic mass is 16.5. The molecule has 1 aromatic rings. The molecule has 6 nitrogen and oxygen atoms in total. The van der Waals surface area contributed by atoms with Gasteiger partial charge in [-0.25, -0.2) is 0 Å². The number of hydrogen-bond acceptors (Lipinski definition) is 4. The Morgan fingerprint density at radius 2 is 2.05 bits per heavy atom. The molecule has 0 aromatic heterocycles. The van der Waals surface area contributed by atoms with E-state index in [0.717, 1.165) is 5.56 Å². The van der Waals surface area contributed by atoms with Gasteiger partial charge in [0.15, 0.2) is 6.10 Å². The SMILES string of the molecule is NC(=O)C1CN(C(=O)CCC(N)c2ccccc2)CCO1. The van der Waals surface area contributed by atoms with Crippen molar-refractivity contribution in [1.29, 1.82) is 0 Å². The maximum atomic E-state index is 12.2. The smallest absolute Gasteiger partial charge is 0.248 e. The molecule has 1 aliphatic heterocycles. The van der Waals surface area contributed by atoms with Gasteiger partial charge in [0.1, 0.15) is 0 Å². The van der Waals surface area contributed by atoms with Gasteiger partial charge in [0.25, 0.3) is 0 Å². The number of ether oxygens (including phenoxy) is 1. The first kappa shape index (κ1) is 15.5. The Balaban J connectivity index is 1.83. The molecule has 1 aliphatic rings.